The molecule has 144 valence electrons. The Labute approximate surface area is 149 Å². The van der Waals surface area contributed by atoms with Crippen molar-refractivity contribution in [2.75, 3.05) is 0 Å². The number of fused-ring (bicyclic) bond motifs is 1. The number of alkyl halides is 1. The molecule has 10 atom stereocenters. The van der Waals surface area contributed by atoms with Gasteiger partial charge in [0, 0.05) is 0 Å². The monoisotopic (exact) mass is 382 g/mol. The van der Waals surface area contributed by atoms with Crippen LogP contribution in [0.15, 0.2) is 12.3 Å². The maximum Gasteiger partial charge on any atom is 0.241 e. The Hall–Kier alpha value is -0.490. The Balaban J connectivity index is 1.81. The molecule has 3 aliphatic rings. The topological polar surface area (TPSA) is 149 Å². The van der Waals surface area contributed by atoms with Crippen molar-refractivity contribution in [2.45, 2.75) is 67.6 Å². The van der Waals surface area contributed by atoms with Gasteiger partial charge in [-0.05, 0) is 31.8 Å². The van der Waals surface area contributed by atoms with E-state index in [1.807, 2.05) is 0 Å². The number of hydrogen-bond acceptors (Lipinski definition) is 9. The minimum Gasteiger partial charge on any atom is -0.472 e. The number of aliphatic hydroxyl groups is 6. The SMILES string of the molecule is C[C@]1(O)[C@H](O)[C@@H](O)[C@@H](OC2OC=C[C@@H]3CC[C@@H](O)[C@@H]23)O[C@]1(O)[C@H](O)Cl. The van der Waals surface area contributed by atoms with Gasteiger partial charge in [0.25, 0.3) is 0 Å². The number of rotatable bonds is 3. The Morgan fingerprint density at radius 3 is 2.52 bits per heavy atom. The molecular weight excluding hydrogens is 360 g/mol. The summed E-state index contributed by atoms with van der Waals surface area (Å²) in [5.41, 5.74) is -4.59. The van der Waals surface area contributed by atoms with Crippen LogP contribution < -0.4 is 0 Å². The summed E-state index contributed by atoms with van der Waals surface area (Å²) in [5, 5.41) is 60.7. The summed E-state index contributed by atoms with van der Waals surface area (Å²) in [6.07, 6.45) is -2.57. The molecule has 2 aliphatic heterocycles. The molecule has 0 aromatic heterocycles. The molecule has 0 aromatic carbocycles. The lowest BCUT2D eigenvalue weighted by Gasteiger charge is -2.52. The largest absolute Gasteiger partial charge is 0.472 e. The molecule has 1 saturated heterocycles. The molecule has 9 nitrogen and oxygen atoms in total. The summed E-state index contributed by atoms with van der Waals surface area (Å²) in [7, 11) is 0. The van der Waals surface area contributed by atoms with Gasteiger partial charge in [0.2, 0.25) is 12.1 Å². The second-order valence-corrected chi connectivity index (χ2v) is 7.37. The lowest BCUT2D eigenvalue weighted by atomic mass is 9.83. The van der Waals surface area contributed by atoms with Crippen molar-refractivity contribution in [1.82, 2.24) is 0 Å². The minimum absolute atomic E-state index is 0.0139. The van der Waals surface area contributed by atoms with Crippen molar-refractivity contribution in [3.63, 3.8) is 0 Å². The van der Waals surface area contributed by atoms with Crippen molar-refractivity contribution in [1.29, 1.82) is 0 Å². The second kappa shape index (κ2) is 6.59. The predicted octanol–water partition coefficient (Wildman–Crippen LogP) is -1.67. The van der Waals surface area contributed by atoms with Gasteiger partial charge in [-0.2, -0.15) is 0 Å². The number of hydrogen-bond donors (Lipinski definition) is 6. The number of halogens is 1. The molecule has 0 spiro atoms. The van der Waals surface area contributed by atoms with Crippen molar-refractivity contribution in [3.05, 3.63) is 12.3 Å². The summed E-state index contributed by atoms with van der Waals surface area (Å²) >= 11 is 5.51. The van der Waals surface area contributed by atoms with E-state index < -0.39 is 53.8 Å². The highest BCUT2D eigenvalue weighted by atomic mass is 35.5. The van der Waals surface area contributed by atoms with Crippen LogP contribution >= 0.6 is 11.6 Å². The standard InChI is InChI=1S/C15H23ClO9/c1-14(21)10(19)9(18)12(25-15(14,22)13(16)20)24-11-8-6(4-5-23-11)2-3-7(8)17/h4-13,17-22H,2-3H2,1H3/t6-,7+,8-,9+,10+,11?,12-,13-,14-,15+/m0/s1. The predicted molar refractivity (Wildman–Crippen MR) is 81.6 cm³/mol. The highest BCUT2D eigenvalue weighted by Gasteiger charge is 2.65. The van der Waals surface area contributed by atoms with Gasteiger partial charge < -0.3 is 44.8 Å². The van der Waals surface area contributed by atoms with E-state index in [9.17, 15) is 30.6 Å². The second-order valence-electron chi connectivity index (χ2n) is 6.96. The van der Waals surface area contributed by atoms with E-state index in [1.165, 1.54) is 6.26 Å². The Bertz CT molecular complexity index is 527. The maximum absolute atomic E-state index is 10.4. The summed E-state index contributed by atoms with van der Waals surface area (Å²) in [6.45, 7) is 0.958. The van der Waals surface area contributed by atoms with Crippen LogP contribution in [0.5, 0.6) is 0 Å². The van der Waals surface area contributed by atoms with Crippen LogP contribution in [0.4, 0.5) is 0 Å². The van der Waals surface area contributed by atoms with Crippen LogP contribution in [0, 0.1) is 11.8 Å². The molecule has 10 heteroatoms. The first-order valence-electron chi connectivity index (χ1n) is 8.06. The molecule has 3 rings (SSSR count). The Kier molecular flexibility index (Phi) is 5.08. The van der Waals surface area contributed by atoms with E-state index in [-0.39, 0.29) is 5.92 Å². The first-order valence-corrected chi connectivity index (χ1v) is 8.49. The highest BCUT2D eigenvalue weighted by Crippen LogP contribution is 2.43. The molecule has 25 heavy (non-hydrogen) atoms. The van der Waals surface area contributed by atoms with Gasteiger partial charge in [0.05, 0.1) is 18.3 Å². The van der Waals surface area contributed by atoms with Crippen LogP contribution in [0.25, 0.3) is 0 Å². The zero-order valence-electron chi connectivity index (χ0n) is 13.5. The first kappa shape index (κ1) is 19.3. The Morgan fingerprint density at radius 1 is 1.20 bits per heavy atom. The molecule has 0 amide bonds. The lowest BCUT2D eigenvalue weighted by Crippen LogP contribution is -2.74. The zero-order chi connectivity index (χ0) is 18.6. The van der Waals surface area contributed by atoms with Crippen molar-refractivity contribution < 1.29 is 44.8 Å². The quantitative estimate of drug-likeness (QED) is 0.315. The third-order valence-corrected chi connectivity index (χ3v) is 5.67. The van der Waals surface area contributed by atoms with E-state index in [4.69, 9.17) is 25.8 Å². The van der Waals surface area contributed by atoms with Gasteiger partial charge in [-0.3, -0.25) is 0 Å². The van der Waals surface area contributed by atoms with E-state index >= 15 is 0 Å². The molecular formula is C15H23ClO9. The number of allylic oxidation sites excluding steroid dienone is 1. The van der Waals surface area contributed by atoms with E-state index in [0.29, 0.717) is 6.42 Å². The highest BCUT2D eigenvalue weighted by molar-refractivity contribution is 6.20. The van der Waals surface area contributed by atoms with Crippen LogP contribution in [-0.2, 0) is 14.2 Å². The third-order valence-electron chi connectivity index (χ3n) is 5.38. The van der Waals surface area contributed by atoms with E-state index in [1.54, 1.807) is 6.08 Å². The smallest absolute Gasteiger partial charge is 0.241 e. The third kappa shape index (κ3) is 2.97. The normalized spacial score (nSPS) is 54.0. The van der Waals surface area contributed by atoms with Crippen LogP contribution in [0.1, 0.15) is 19.8 Å². The molecule has 0 bridgehead atoms. The van der Waals surface area contributed by atoms with Gasteiger partial charge >= 0.3 is 0 Å². The van der Waals surface area contributed by atoms with Gasteiger partial charge in [-0.25, -0.2) is 0 Å². The maximum atomic E-state index is 10.4. The summed E-state index contributed by atoms with van der Waals surface area (Å²) < 4.78 is 16.0. The number of ether oxygens (including phenoxy) is 3. The van der Waals surface area contributed by atoms with Gasteiger partial charge in [0.1, 0.15) is 17.8 Å². The van der Waals surface area contributed by atoms with Gasteiger partial charge in [-0.15, -0.1) is 0 Å². The van der Waals surface area contributed by atoms with E-state index in [2.05, 4.69) is 0 Å². The van der Waals surface area contributed by atoms with Crippen LogP contribution in [-0.4, -0.2) is 78.5 Å². The van der Waals surface area contributed by atoms with Crippen LogP contribution in [0.3, 0.4) is 0 Å². The average Bonchev–Trinajstić information content (AvgIpc) is 2.93. The molecule has 2 heterocycles. The fourth-order valence-corrected chi connectivity index (χ4v) is 3.95. The zero-order valence-corrected chi connectivity index (χ0v) is 14.2. The van der Waals surface area contributed by atoms with E-state index in [0.717, 1.165) is 13.3 Å². The first-order chi connectivity index (χ1) is 11.6. The summed E-state index contributed by atoms with van der Waals surface area (Å²) in [5.74, 6) is -3.22. The molecule has 6 N–H and O–H groups in total. The molecule has 0 aromatic rings. The van der Waals surface area contributed by atoms with Gasteiger partial charge in [-0.1, -0.05) is 11.6 Å². The molecule has 0 radical (unpaired) electrons. The molecule has 1 unspecified atom stereocenters. The van der Waals surface area contributed by atoms with Crippen molar-refractivity contribution in [3.8, 4) is 0 Å². The fourth-order valence-electron chi connectivity index (χ4n) is 3.68. The minimum atomic E-state index is -2.81. The average molecular weight is 383 g/mol. The van der Waals surface area contributed by atoms with Crippen molar-refractivity contribution in [2.24, 2.45) is 11.8 Å². The van der Waals surface area contributed by atoms with Crippen molar-refractivity contribution >= 4 is 11.6 Å². The molecule has 2 fully saturated rings. The van der Waals surface area contributed by atoms with Crippen LogP contribution in [0.2, 0.25) is 0 Å². The summed E-state index contributed by atoms with van der Waals surface area (Å²) in [6, 6.07) is 0. The fraction of sp³-hybridized carbons (Fsp3) is 0.867. The summed E-state index contributed by atoms with van der Waals surface area (Å²) in [4.78, 5) is 0. The number of aliphatic hydroxyl groups excluding tert-OH is 4. The Morgan fingerprint density at radius 2 is 1.88 bits per heavy atom. The molecule has 1 saturated carbocycles. The lowest BCUT2D eigenvalue weighted by molar-refractivity contribution is -0.444. The van der Waals surface area contributed by atoms with Gasteiger partial charge in [0.15, 0.2) is 11.9 Å². The molecule has 1 aliphatic carbocycles.